The van der Waals surface area contributed by atoms with Gasteiger partial charge in [0.15, 0.2) is 11.5 Å². The van der Waals surface area contributed by atoms with Gasteiger partial charge in [0.05, 0.1) is 11.5 Å². The number of hydrogen-bond donors (Lipinski definition) is 1. The lowest BCUT2D eigenvalue weighted by atomic mass is 9.96. The summed E-state index contributed by atoms with van der Waals surface area (Å²) in [6, 6.07) is 8.10. The van der Waals surface area contributed by atoms with E-state index in [-0.39, 0.29) is 12.2 Å². The Hall–Kier alpha value is -1.73. The van der Waals surface area contributed by atoms with Crippen LogP contribution in [0.1, 0.15) is 19.4 Å². The number of fused-ring (bicyclic) bond motifs is 1. The quantitative estimate of drug-likeness (QED) is 0.863. The SMILES string of the molecule is CC(C)(C#N)CNCc1cccc2c1OCO2. The lowest BCUT2D eigenvalue weighted by Crippen LogP contribution is -2.27. The van der Waals surface area contributed by atoms with Crippen LogP contribution >= 0.6 is 0 Å². The molecule has 0 fully saturated rings. The maximum Gasteiger partial charge on any atom is 0.231 e. The molecule has 0 aliphatic carbocycles. The van der Waals surface area contributed by atoms with E-state index in [0.29, 0.717) is 13.1 Å². The summed E-state index contributed by atoms with van der Waals surface area (Å²) < 4.78 is 10.7. The number of nitriles is 1. The molecule has 1 aliphatic heterocycles. The lowest BCUT2D eigenvalue weighted by Gasteiger charge is -2.16. The Bertz CT molecular complexity index is 449. The van der Waals surface area contributed by atoms with Crippen LogP contribution in [0.4, 0.5) is 0 Å². The highest BCUT2D eigenvalue weighted by molar-refractivity contribution is 5.48. The van der Waals surface area contributed by atoms with Crippen molar-refractivity contribution in [2.75, 3.05) is 13.3 Å². The van der Waals surface area contributed by atoms with Crippen molar-refractivity contribution in [2.24, 2.45) is 5.41 Å². The van der Waals surface area contributed by atoms with E-state index in [2.05, 4.69) is 11.4 Å². The second-order valence-electron chi connectivity index (χ2n) is 4.75. The van der Waals surface area contributed by atoms with Crippen molar-refractivity contribution in [2.45, 2.75) is 20.4 Å². The van der Waals surface area contributed by atoms with Crippen LogP contribution < -0.4 is 14.8 Å². The zero-order valence-electron chi connectivity index (χ0n) is 10.1. The standard InChI is InChI=1S/C13H16N2O2/c1-13(2,7-14)8-15-6-10-4-3-5-11-12(10)17-9-16-11/h3-5,15H,6,8-9H2,1-2H3. The number of nitrogens with one attached hydrogen (secondary N) is 1. The summed E-state index contributed by atoms with van der Waals surface area (Å²) in [6.07, 6.45) is 0. The van der Waals surface area contributed by atoms with E-state index in [1.165, 1.54) is 0 Å². The fourth-order valence-electron chi connectivity index (χ4n) is 1.68. The summed E-state index contributed by atoms with van der Waals surface area (Å²) in [4.78, 5) is 0. The Balaban J connectivity index is 1.97. The fourth-order valence-corrected chi connectivity index (χ4v) is 1.68. The second-order valence-corrected chi connectivity index (χ2v) is 4.75. The van der Waals surface area contributed by atoms with Crippen LogP contribution in [0, 0.1) is 16.7 Å². The molecule has 0 radical (unpaired) electrons. The monoisotopic (exact) mass is 232 g/mol. The van der Waals surface area contributed by atoms with Crippen molar-refractivity contribution in [1.29, 1.82) is 5.26 Å². The molecular weight excluding hydrogens is 216 g/mol. The molecule has 0 bridgehead atoms. The average Bonchev–Trinajstić information content (AvgIpc) is 2.78. The third-order valence-electron chi connectivity index (χ3n) is 2.66. The highest BCUT2D eigenvalue weighted by Crippen LogP contribution is 2.35. The van der Waals surface area contributed by atoms with Crippen LogP contribution in [-0.4, -0.2) is 13.3 Å². The average molecular weight is 232 g/mol. The van der Waals surface area contributed by atoms with Gasteiger partial charge in [0.1, 0.15) is 0 Å². The molecule has 1 aromatic carbocycles. The first-order valence-corrected chi connectivity index (χ1v) is 5.62. The third kappa shape index (κ3) is 2.69. The van der Waals surface area contributed by atoms with Gasteiger partial charge in [0, 0.05) is 18.7 Å². The maximum absolute atomic E-state index is 8.91. The number of ether oxygens (including phenoxy) is 2. The minimum atomic E-state index is -0.352. The molecule has 1 aromatic rings. The molecule has 4 nitrogen and oxygen atoms in total. The van der Waals surface area contributed by atoms with Crippen molar-refractivity contribution >= 4 is 0 Å². The van der Waals surface area contributed by atoms with Crippen LogP contribution in [0.15, 0.2) is 18.2 Å². The van der Waals surface area contributed by atoms with Gasteiger partial charge >= 0.3 is 0 Å². The lowest BCUT2D eigenvalue weighted by molar-refractivity contribution is 0.173. The highest BCUT2D eigenvalue weighted by atomic mass is 16.7. The maximum atomic E-state index is 8.91. The molecule has 0 saturated carbocycles. The molecule has 1 aliphatic rings. The van der Waals surface area contributed by atoms with E-state index in [0.717, 1.165) is 17.1 Å². The zero-order chi connectivity index (χ0) is 12.3. The summed E-state index contributed by atoms with van der Waals surface area (Å²) in [5, 5.41) is 12.2. The first-order valence-electron chi connectivity index (χ1n) is 5.62. The van der Waals surface area contributed by atoms with Gasteiger partial charge in [-0.3, -0.25) is 0 Å². The number of hydrogen-bond acceptors (Lipinski definition) is 4. The van der Waals surface area contributed by atoms with E-state index in [1.54, 1.807) is 0 Å². The molecule has 0 unspecified atom stereocenters. The summed E-state index contributed by atoms with van der Waals surface area (Å²) in [5.41, 5.74) is 0.712. The van der Waals surface area contributed by atoms with Crippen molar-refractivity contribution in [1.82, 2.24) is 5.32 Å². The van der Waals surface area contributed by atoms with Gasteiger partial charge in [0.25, 0.3) is 0 Å². The highest BCUT2D eigenvalue weighted by Gasteiger charge is 2.19. The predicted octanol–water partition coefficient (Wildman–Crippen LogP) is 2.05. The van der Waals surface area contributed by atoms with E-state index in [1.807, 2.05) is 32.0 Å². The van der Waals surface area contributed by atoms with Crippen LogP contribution in [0.2, 0.25) is 0 Å². The molecule has 90 valence electrons. The molecule has 0 aromatic heterocycles. The largest absolute Gasteiger partial charge is 0.454 e. The van der Waals surface area contributed by atoms with Crippen LogP contribution in [-0.2, 0) is 6.54 Å². The van der Waals surface area contributed by atoms with Gasteiger partial charge in [-0.25, -0.2) is 0 Å². The molecule has 1 N–H and O–H groups in total. The summed E-state index contributed by atoms with van der Waals surface area (Å²) >= 11 is 0. The Kier molecular flexibility index (Phi) is 3.21. The molecule has 1 heterocycles. The molecule has 0 spiro atoms. The van der Waals surface area contributed by atoms with Crippen LogP contribution in [0.25, 0.3) is 0 Å². The minimum Gasteiger partial charge on any atom is -0.454 e. The first kappa shape index (κ1) is 11.7. The topological polar surface area (TPSA) is 54.3 Å². The van der Waals surface area contributed by atoms with Gasteiger partial charge < -0.3 is 14.8 Å². The van der Waals surface area contributed by atoms with Crippen LogP contribution in [0.5, 0.6) is 11.5 Å². The van der Waals surface area contributed by atoms with Gasteiger partial charge in [0.2, 0.25) is 6.79 Å². The fraction of sp³-hybridized carbons (Fsp3) is 0.462. The van der Waals surface area contributed by atoms with Crippen LogP contribution in [0.3, 0.4) is 0 Å². The normalized spacial score (nSPS) is 13.5. The minimum absolute atomic E-state index is 0.288. The van der Waals surface area contributed by atoms with E-state index in [9.17, 15) is 0 Å². The van der Waals surface area contributed by atoms with Gasteiger partial charge in [-0.2, -0.15) is 5.26 Å². The Morgan fingerprint density at radius 1 is 1.41 bits per heavy atom. The molecule has 4 heteroatoms. The Labute approximate surface area is 101 Å². The van der Waals surface area contributed by atoms with Gasteiger partial charge in [-0.05, 0) is 19.9 Å². The van der Waals surface area contributed by atoms with Crippen molar-refractivity contribution < 1.29 is 9.47 Å². The third-order valence-corrected chi connectivity index (χ3v) is 2.66. The molecule has 0 saturated heterocycles. The summed E-state index contributed by atoms with van der Waals surface area (Å²) in [7, 11) is 0. The van der Waals surface area contributed by atoms with Crippen molar-refractivity contribution in [3.63, 3.8) is 0 Å². The molecular formula is C13H16N2O2. The molecule has 0 amide bonds. The van der Waals surface area contributed by atoms with Gasteiger partial charge in [-0.1, -0.05) is 12.1 Å². The molecule has 0 atom stereocenters. The van der Waals surface area contributed by atoms with Crippen molar-refractivity contribution in [3.05, 3.63) is 23.8 Å². The van der Waals surface area contributed by atoms with Crippen molar-refractivity contribution in [3.8, 4) is 17.6 Å². The number of benzene rings is 1. The second kappa shape index (κ2) is 4.64. The number of para-hydroxylation sites is 1. The van der Waals surface area contributed by atoms with E-state index < -0.39 is 0 Å². The molecule has 2 rings (SSSR count). The Morgan fingerprint density at radius 2 is 2.24 bits per heavy atom. The van der Waals surface area contributed by atoms with E-state index in [4.69, 9.17) is 14.7 Å². The Morgan fingerprint density at radius 3 is 3.00 bits per heavy atom. The zero-order valence-corrected chi connectivity index (χ0v) is 10.1. The summed E-state index contributed by atoms with van der Waals surface area (Å²) in [5.74, 6) is 1.61. The van der Waals surface area contributed by atoms with Gasteiger partial charge in [-0.15, -0.1) is 0 Å². The summed E-state index contributed by atoms with van der Waals surface area (Å²) in [6.45, 7) is 5.44. The number of rotatable bonds is 4. The smallest absolute Gasteiger partial charge is 0.231 e. The first-order chi connectivity index (χ1) is 8.12. The van der Waals surface area contributed by atoms with E-state index >= 15 is 0 Å². The molecule has 17 heavy (non-hydrogen) atoms. The number of nitrogens with zero attached hydrogens (tertiary/aromatic N) is 1. The predicted molar refractivity (Wildman–Crippen MR) is 63.7 cm³/mol.